The number of hydrogen-bond donors (Lipinski definition) is 1. The highest BCUT2D eigenvalue weighted by atomic mass is 35.5. The summed E-state index contributed by atoms with van der Waals surface area (Å²) in [6, 6.07) is 3.06. The predicted octanol–water partition coefficient (Wildman–Crippen LogP) is 4.10. The zero-order chi connectivity index (χ0) is 13.1. The third kappa shape index (κ3) is 3.39. The van der Waals surface area contributed by atoms with Crippen LogP contribution in [0.5, 0.6) is 0 Å². The summed E-state index contributed by atoms with van der Waals surface area (Å²) >= 11 is 7.41. The molecule has 1 aromatic heterocycles. The number of rotatable bonds is 3. The first kappa shape index (κ1) is 13.7. The molecule has 1 heterocycles. The molecule has 1 fully saturated rings. The molecular weight excluding hydrogens is 270 g/mol. The van der Waals surface area contributed by atoms with Crippen LogP contribution in [0.25, 0.3) is 0 Å². The van der Waals surface area contributed by atoms with Gasteiger partial charge in [-0.15, -0.1) is 11.8 Å². The van der Waals surface area contributed by atoms with Crippen LogP contribution in [0.3, 0.4) is 0 Å². The third-order valence-corrected chi connectivity index (χ3v) is 4.73. The molecule has 18 heavy (non-hydrogen) atoms. The van der Waals surface area contributed by atoms with E-state index in [0.717, 1.165) is 12.8 Å². The quantitative estimate of drug-likeness (QED) is 0.849. The van der Waals surface area contributed by atoms with E-state index in [1.54, 1.807) is 11.8 Å². The maximum atomic E-state index is 11.1. The van der Waals surface area contributed by atoms with Gasteiger partial charge in [0.05, 0.1) is 5.56 Å². The molecule has 2 rings (SSSR count). The van der Waals surface area contributed by atoms with Crippen molar-refractivity contribution in [2.24, 2.45) is 5.92 Å². The molecule has 2 unspecified atom stereocenters. The molecule has 98 valence electrons. The van der Waals surface area contributed by atoms with Crippen LogP contribution >= 0.6 is 23.4 Å². The Morgan fingerprint density at radius 3 is 2.94 bits per heavy atom. The maximum Gasteiger partial charge on any atom is 0.338 e. The Morgan fingerprint density at radius 2 is 2.28 bits per heavy atom. The molecule has 1 aliphatic carbocycles. The molecule has 0 radical (unpaired) electrons. The number of carbonyl (C=O) groups is 1. The minimum atomic E-state index is -0.939. The molecule has 0 spiro atoms. The average Bonchev–Trinajstić information content (AvgIpc) is 2.28. The highest BCUT2D eigenvalue weighted by molar-refractivity contribution is 7.99. The second-order valence-electron chi connectivity index (χ2n) is 4.80. The summed E-state index contributed by atoms with van der Waals surface area (Å²) in [7, 11) is 0. The number of halogens is 1. The Labute approximate surface area is 116 Å². The van der Waals surface area contributed by atoms with Gasteiger partial charge in [-0.1, -0.05) is 31.4 Å². The van der Waals surface area contributed by atoms with Crippen molar-refractivity contribution in [3.8, 4) is 0 Å². The number of hydrogen-bond acceptors (Lipinski definition) is 3. The molecular formula is C13H16ClNO2S. The van der Waals surface area contributed by atoms with Crippen molar-refractivity contribution in [1.29, 1.82) is 0 Å². The summed E-state index contributed by atoms with van der Waals surface area (Å²) in [5, 5.41) is 10.5. The minimum Gasteiger partial charge on any atom is -0.478 e. The minimum absolute atomic E-state index is 0.252. The van der Waals surface area contributed by atoms with E-state index in [4.69, 9.17) is 16.7 Å². The molecule has 3 nitrogen and oxygen atoms in total. The third-order valence-electron chi connectivity index (χ3n) is 3.22. The van der Waals surface area contributed by atoms with Gasteiger partial charge in [0.25, 0.3) is 0 Å². The SMILES string of the molecule is CC1CCCC(Sc2nc(Cl)ccc2C(=O)O)C1. The van der Waals surface area contributed by atoms with Crippen molar-refractivity contribution in [3.05, 3.63) is 22.8 Å². The van der Waals surface area contributed by atoms with Crippen molar-refractivity contribution in [1.82, 2.24) is 4.98 Å². The largest absolute Gasteiger partial charge is 0.478 e. The van der Waals surface area contributed by atoms with Gasteiger partial charge in [-0.25, -0.2) is 9.78 Å². The Hall–Kier alpha value is -0.740. The summed E-state index contributed by atoms with van der Waals surface area (Å²) in [6.07, 6.45) is 4.73. The smallest absolute Gasteiger partial charge is 0.338 e. The predicted molar refractivity (Wildman–Crippen MR) is 73.5 cm³/mol. The summed E-state index contributed by atoms with van der Waals surface area (Å²) in [4.78, 5) is 15.3. The second-order valence-corrected chi connectivity index (χ2v) is 6.48. The van der Waals surface area contributed by atoms with Gasteiger partial charge in [-0.2, -0.15) is 0 Å². The molecule has 1 aromatic rings. The number of aromatic nitrogens is 1. The van der Waals surface area contributed by atoms with E-state index in [2.05, 4.69) is 11.9 Å². The van der Waals surface area contributed by atoms with Gasteiger partial charge >= 0.3 is 5.97 Å². The Morgan fingerprint density at radius 1 is 1.50 bits per heavy atom. The fraction of sp³-hybridized carbons (Fsp3) is 0.538. The van der Waals surface area contributed by atoms with E-state index in [-0.39, 0.29) is 5.56 Å². The van der Waals surface area contributed by atoms with Crippen molar-refractivity contribution < 1.29 is 9.90 Å². The summed E-state index contributed by atoms with van der Waals surface area (Å²) < 4.78 is 0. The molecule has 1 saturated carbocycles. The van der Waals surface area contributed by atoms with Gasteiger partial charge in [0.15, 0.2) is 0 Å². The Bertz CT molecular complexity index is 453. The van der Waals surface area contributed by atoms with E-state index >= 15 is 0 Å². The summed E-state index contributed by atoms with van der Waals surface area (Å²) in [6.45, 7) is 2.25. The number of pyridine rings is 1. The highest BCUT2D eigenvalue weighted by Gasteiger charge is 2.23. The van der Waals surface area contributed by atoms with Crippen LogP contribution in [0.4, 0.5) is 0 Å². The number of nitrogens with zero attached hydrogens (tertiary/aromatic N) is 1. The number of aromatic carboxylic acids is 1. The lowest BCUT2D eigenvalue weighted by Crippen LogP contribution is -2.16. The van der Waals surface area contributed by atoms with Gasteiger partial charge in [0.1, 0.15) is 10.2 Å². The molecule has 1 aliphatic rings. The Kier molecular flexibility index (Phi) is 4.51. The van der Waals surface area contributed by atoms with E-state index in [1.165, 1.54) is 25.0 Å². The van der Waals surface area contributed by atoms with Gasteiger partial charge in [0, 0.05) is 5.25 Å². The van der Waals surface area contributed by atoms with Gasteiger partial charge in [-0.3, -0.25) is 0 Å². The average molecular weight is 286 g/mol. The highest BCUT2D eigenvalue weighted by Crippen LogP contribution is 2.36. The molecule has 0 bridgehead atoms. The van der Waals surface area contributed by atoms with Crippen LogP contribution < -0.4 is 0 Å². The first-order chi connectivity index (χ1) is 8.56. The second kappa shape index (κ2) is 5.93. The number of carboxylic acid groups (broad SMARTS) is 1. The lowest BCUT2D eigenvalue weighted by Gasteiger charge is -2.26. The molecule has 0 aliphatic heterocycles. The Balaban J connectivity index is 2.16. The molecule has 0 saturated heterocycles. The van der Waals surface area contributed by atoms with Gasteiger partial charge in [0.2, 0.25) is 0 Å². The first-order valence-corrected chi connectivity index (χ1v) is 7.38. The molecule has 2 atom stereocenters. The van der Waals surface area contributed by atoms with Gasteiger partial charge in [-0.05, 0) is 30.9 Å². The number of carboxylic acids is 1. The van der Waals surface area contributed by atoms with Gasteiger partial charge < -0.3 is 5.11 Å². The number of thioether (sulfide) groups is 1. The summed E-state index contributed by atoms with van der Waals surface area (Å²) in [5.74, 6) is -0.228. The fourth-order valence-electron chi connectivity index (χ4n) is 2.31. The van der Waals surface area contributed by atoms with E-state index < -0.39 is 5.97 Å². The standard InChI is InChI=1S/C13H16ClNO2S/c1-8-3-2-4-9(7-8)18-12-10(13(16)17)5-6-11(14)15-12/h5-6,8-9H,2-4,7H2,1H3,(H,16,17). The lowest BCUT2D eigenvalue weighted by molar-refractivity contribution is 0.0692. The van der Waals surface area contributed by atoms with E-state index in [1.807, 2.05) is 0 Å². The summed E-state index contributed by atoms with van der Waals surface area (Å²) in [5.41, 5.74) is 0.252. The monoisotopic (exact) mass is 285 g/mol. The van der Waals surface area contributed by atoms with E-state index in [0.29, 0.717) is 21.3 Å². The molecule has 0 aromatic carbocycles. The van der Waals surface area contributed by atoms with Crippen LogP contribution in [-0.2, 0) is 0 Å². The fourth-order valence-corrected chi connectivity index (χ4v) is 3.97. The van der Waals surface area contributed by atoms with Crippen LogP contribution in [0.15, 0.2) is 17.2 Å². The zero-order valence-corrected chi connectivity index (χ0v) is 11.8. The van der Waals surface area contributed by atoms with Crippen LogP contribution in [0, 0.1) is 5.92 Å². The van der Waals surface area contributed by atoms with Crippen LogP contribution in [0.2, 0.25) is 5.15 Å². The van der Waals surface area contributed by atoms with Crippen LogP contribution in [-0.4, -0.2) is 21.3 Å². The topological polar surface area (TPSA) is 50.2 Å². The zero-order valence-electron chi connectivity index (χ0n) is 10.2. The van der Waals surface area contributed by atoms with Crippen molar-refractivity contribution in [2.75, 3.05) is 0 Å². The van der Waals surface area contributed by atoms with Crippen molar-refractivity contribution >= 4 is 29.3 Å². The van der Waals surface area contributed by atoms with Crippen LogP contribution in [0.1, 0.15) is 43.0 Å². The molecule has 1 N–H and O–H groups in total. The molecule has 0 amide bonds. The van der Waals surface area contributed by atoms with E-state index in [9.17, 15) is 4.79 Å². The maximum absolute atomic E-state index is 11.1. The molecule has 5 heteroatoms. The first-order valence-electron chi connectivity index (χ1n) is 6.12. The lowest BCUT2D eigenvalue weighted by atomic mass is 9.91. The van der Waals surface area contributed by atoms with Crippen molar-refractivity contribution in [3.63, 3.8) is 0 Å². The van der Waals surface area contributed by atoms with Crippen molar-refractivity contribution in [2.45, 2.75) is 42.9 Å². The normalized spacial score (nSPS) is 23.9.